The quantitative estimate of drug-likeness (QED) is 0.866. The molecule has 17 heavy (non-hydrogen) atoms. The molecule has 0 aromatic heterocycles. The molecular weight excluding hydrogens is 214 g/mol. The van der Waals surface area contributed by atoms with Crippen LogP contribution in [0, 0.1) is 11.3 Å². The van der Waals surface area contributed by atoms with Gasteiger partial charge >= 0.3 is 6.03 Å². The van der Waals surface area contributed by atoms with Crippen LogP contribution in [0.3, 0.4) is 0 Å². The van der Waals surface area contributed by atoms with Crippen LogP contribution in [-0.2, 0) is 6.42 Å². The van der Waals surface area contributed by atoms with Gasteiger partial charge in [0.25, 0.3) is 0 Å². The first-order valence-corrected chi connectivity index (χ1v) is 5.66. The fourth-order valence-corrected chi connectivity index (χ4v) is 1.48. The molecule has 0 bridgehead atoms. The third kappa shape index (κ3) is 3.80. The molecule has 1 rings (SSSR count). The molecule has 0 fully saturated rings. The van der Waals surface area contributed by atoms with Gasteiger partial charge in [-0.15, -0.1) is 0 Å². The Morgan fingerprint density at radius 3 is 2.82 bits per heavy atom. The van der Waals surface area contributed by atoms with E-state index in [1.54, 1.807) is 7.05 Å². The summed E-state index contributed by atoms with van der Waals surface area (Å²) in [6, 6.07) is 9.56. The number of carbonyl (C=O) groups excluding carboxylic acids is 1. The molecule has 0 radical (unpaired) electrons. The smallest absolute Gasteiger partial charge is 0.321 e. The topological polar surface area (TPSA) is 56.1 Å². The highest BCUT2D eigenvalue weighted by Gasteiger charge is 2.09. The molecular formula is C13H17N3O. The van der Waals surface area contributed by atoms with Gasteiger partial charge < -0.3 is 10.2 Å². The standard InChI is InChI=1S/C13H17N3O/c1-3-11-7-4-5-8-12(11)15-13(17)16(2)10-6-9-14/h4-5,7-8H,3,6,10H2,1-2H3,(H,15,17). The van der Waals surface area contributed by atoms with Crippen molar-refractivity contribution in [2.24, 2.45) is 0 Å². The zero-order valence-corrected chi connectivity index (χ0v) is 10.2. The van der Waals surface area contributed by atoms with Gasteiger partial charge in [-0.1, -0.05) is 25.1 Å². The maximum absolute atomic E-state index is 11.8. The van der Waals surface area contributed by atoms with Crippen LogP contribution in [0.5, 0.6) is 0 Å². The number of nitrogens with zero attached hydrogens (tertiary/aromatic N) is 2. The Balaban J connectivity index is 2.64. The molecule has 0 spiro atoms. The van der Waals surface area contributed by atoms with Crippen molar-refractivity contribution in [3.8, 4) is 6.07 Å². The van der Waals surface area contributed by atoms with Crippen molar-refractivity contribution in [2.75, 3.05) is 18.9 Å². The predicted octanol–water partition coefficient (Wildman–Crippen LogP) is 2.63. The fourth-order valence-electron chi connectivity index (χ4n) is 1.48. The minimum absolute atomic E-state index is 0.179. The van der Waals surface area contributed by atoms with E-state index in [2.05, 4.69) is 5.32 Å². The highest BCUT2D eigenvalue weighted by atomic mass is 16.2. The van der Waals surface area contributed by atoms with E-state index in [1.165, 1.54) is 4.90 Å². The Morgan fingerprint density at radius 1 is 1.47 bits per heavy atom. The molecule has 1 N–H and O–H groups in total. The molecule has 0 aliphatic carbocycles. The second-order valence-corrected chi connectivity index (χ2v) is 3.77. The zero-order valence-electron chi connectivity index (χ0n) is 10.2. The lowest BCUT2D eigenvalue weighted by molar-refractivity contribution is 0.223. The highest BCUT2D eigenvalue weighted by molar-refractivity contribution is 5.89. The lowest BCUT2D eigenvalue weighted by atomic mass is 10.1. The summed E-state index contributed by atoms with van der Waals surface area (Å²) in [7, 11) is 1.68. The number of rotatable bonds is 4. The van der Waals surface area contributed by atoms with Crippen molar-refractivity contribution in [1.29, 1.82) is 5.26 Å². The van der Waals surface area contributed by atoms with Crippen molar-refractivity contribution in [1.82, 2.24) is 4.90 Å². The van der Waals surface area contributed by atoms with Crippen molar-refractivity contribution < 1.29 is 4.79 Å². The van der Waals surface area contributed by atoms with E-state index in [9.17, 15) is 4.79 Å². The number of nitriles is 1. The largest absolute Gasteiger partial charge is 0.327 e. The third-order valence-electron chi connectivity index (χ3n) is 2.55. The molecule has 4 nitrogen and oxygen atoms in total. The number of urea groups is 1. The van der Waals surface area contributed by atoms with Crippen LogP contribution >= 0.6 is 0 Å². The van der Waals surface area contributed by atoms with Gasteiger partial charge in [0.15, 0.2) is 0 Å². The summed E-state index contributed by atoms with van der Waals surface area (Å²) in [4.78, 5) is 13.3. The molecule has 90 valence electrons. The summed E-state index contributed by atoms with van der Waals surface area (Å²) in [5.41, 5.74) is 1.94. The fraction of sp³-hybridized carbons (Fsp3) is 0.385. The second-order valence-electron chi connectivity index (χ2n) is 3.77. The van der Waals surface area contributed by atoms with Gasteiger partial charge in [0, 0.05) is 19.3 Å². The monoisotopic (exact) mass is 231 g/mol. The number of nitrogens with one attached hydrogen (secondary N) is 1. The predicted molar refractivity (Wildman–Crippen MR) is 67.7 cm³/mol. The first-order valence-electron chi connectivity index (χ1n) is 5.66. The number of hydrogen-bond donors (Lipinski definition) is 1. The number of anilines is 1. The van der Waals surface area contributed by atoms with Gasteiger partial charge in [0.05, 0.1) is 12.5 Å². The van der Waals surface area contributed by atoms with Gasteiger partial charge in [0.1, 0.15) is 0 Å². The van der Waals surface area contributed by atoms with Crippen LogP contribution in [0.15, 0.2) is 24.3 Å². The minimum atomic E-state index is -0.179. The summed E-state index contributed by atoms with van der Waals surface area (Å²) in [6.07, 6.45) is 1.22. The molecule has 1 aromatic rings. The Kier molecular flexibility index (Phi) is 5.02. The molecule has 0 atom stereocenters. The first kappa shape index (κ1) is 13.0. The number of benzene rings is 1. The van der Waals surface area contributed by atoms with E-state index in [0.717, 1.165) is 17.7 Å². The summed E-state index contributed by atoms with van der Waals surface area (Å²) in [6.45, 7) is 2.49. The van der Waals surface area contributed by atoms with Crippen LogP contribution in [0.25, 0.3) is 0 Å². The van der Waals surface area contributed by atoms with Crippen LogP contribution in [0.2, 0.25) is 0 Å². The number of para-hydroxylation sites is 1. The normalized spacial score (nSPS) is 9.47. The van der Waals surface area contributed by atoms with Gasteiger partial charge in [-0.3, -0.25) is 0 Å². The van der Waals surface area contributed by atoms with Crippen LogP contribution in [0.4, 0.5) is 10.5 Å². The van der Waals surface area contributed by atoms with Crippen molar-refractivity contribution in [2.45, 2.75) is 19.8 Å². The highest BCUT2D eigenvalue weighted by Crippen LogP contribution is 2.15. The number of aryl methyl sites for hydroxylation is 1. The van der Waals surface area contributed by atoms with Crippen molar-refractivity contribution >= 4 is 11.7 Å². The Hall–Kier alpha value is -2.02. The maximum atomic E-state index is 11.8. The van der Waals surface area contributed by atoms with E-state index in [4.69, 9.17) is 5.26 Å². The first-order chi connectivity index (χ1) is 8.19. The van der Waals surface area contributed by atoms with Crippen LogP contribution in [-0.4, -0.2) is 24.5 Å². The van der Waals surface area contributed by atoms with Crippen molar-refractivity contribution in [3.05, 3.63) is 29.8 Å². The number of amides is 2. The Morgan fingerprint density at radius 2 is 2.18 bits per heavy atom. The maximum Gasteiger partial charge on any atom is 0.321 e. The van der Waals surface area contributed by atoms with E-state index in [-0.39, 0.29) is 6.03 Å². The summed E-state index contributed by atoms with van der Waals surface area (Å²) in [5.74, 6) is 0. The molecule has 0 unspecified atom stereocenters. The summed E-state index contributed by atoms with van der Waals surface area (Å²) < 4.78 is 0. The van der Waals surface area contributed by atoms with Gasteiger partial charge in [-0.2, -0.15) is 5.26 Å². The average molecular weight is 231 g/mol. The molecule has 4 heteroatoms. The molecule has 1 aromatic carbocycles. The molecule has 0 heterocycles. The molecule has 0 saturated carbocycles. The number of hydrogen-bond acceptors (Lipinski definition) is 2. The molecule has 0 aliphatic heterocycles. The van der Waals surface area contributed by atoms with E-state index in [1.807, 2.05) is 37.3 Å². The van der Waals surface area contributed by atoms with E-state index >= 15 is 0 Å². The van der Waals surface area contributed by atoms with E-state index < -0.39 is 0 Å². The van der Waals surface area contributed by atoms with Gasteiger partial charge in [0.2, 0.25) is 0 Å². The lowest BCUT2D eigenvalue weighted by Crippen LogP contribution is -2.32. The van der Waals surface area contributed by atoms with Crippen LogP contribution < -0.4 is 5.32 Å². The zero-order chi connectivity index (χ0) is 12.7. The van der Waals surface area contributed by atoms with E-state index in [0.29, 0.717) is 13.0 Å². The minimum Gasteiger partial charge on any atom is -0.327 e. The van der Waals surface area contributed by atoms with Crippen molar-refractivity contribution in [3.63, 3.8) is 0 Å². The molecule has 2 amide bonds. The molecule has 0 saturated heterocycles. The van der Waals surface area contributed by atoms with Gasteiger partial charge in [-0.05, 0) is 18.1 Å². The third-order valence-corrected chi connectivity index (χ3v) is 2.55. The lowest BCUT2D eigenvalue weighted by Gasteiger charge is -2.17. The Bertz CT molecular complexity index is 423. The summed E-state index contributed by atoms with van der Waals surface area (Å²) >= 11 is 0. The SMILES string of the molecule is CCc1ccccc1NC(=O)N(C)CCC#N. The van der Waals surface area contributed by atoms with Gasteiger partial charge in [-0.25, -0.2) is 4.79 Å². The van der Waals surface area contributed by atoms with Crippen LogP contribution in [0.1, 0.15) is 18.9 Å². The average Bonchev–Trinajstić information content (AvgIpc) is 2.36. The second kappa shape index (κ2) is 6.54. The number of carbonyl (C=O) groups is 1. The molecule has 0 aliphatic rings. The Labute approximate surface area is 102 Å². The summed E-state index contributed by atoms with van der Waals surface area (Å²) in [5, 5.41) is 11.3.